The van der Waals surface area contributed by atoms with E-state index >= 15 is 0 Å². The van der Waals surface area contributed by atoms with Crippen molar-refractivity contribution in [2.24, 2.45) is 11.7 Å². The van der Waals surface area contributed by atoms with Crippen molar-refractivity contribution in [1.29, 1.82) is 0 Å². The molecule has 2 unspecified atom stereocenters. The summed E-state index contributed by atoms with van der Waals surface area (Å²) in [4.78, 5) is 7.52. The number of unbranched alkanes of at least 4 members (excludes halogenated alkanes) is 1. The van der Waals surface area contributed by atoms with E-state index in [2.05, 4.69) is 52.7 Å². The summed E-state index contributed by atoms with van der Waals surface area (Å²) in [6.07, 6.45) is 10.4. The number of hydrogen-bond acceptors (Lipinski definition) is 4. The van der Waals surface area contributed by atoms with Gasteiger partial charge in [-0.3, -0.25) is 9.88 Å². The summed E-state index contributed by atoms with van der Waals surface area (Å²) in [7, 11) is 0. The zero-order chi connectivity index (χ0) is 19.9. The maximum absolute atomic E-state index is 5.78. The van der Waals surface area contributed by atoms with Gasteiger partial charge in [0.1, 0.15) is 0 Å². The summed E-state index contributed by atoms with van der Waals surface area (Å²) < 4.78 is 0. The maximum Gasteiger partial charge on any atom is 0.0607 e. The number of pyridine rings is 1. The number of aromatic nitrogens is 1. The van der Waals surface area contributed by atoms with Crippen LogP contribution in [0, 0.1) is 5.92 Å². The van der Waals surface area contributed by atoms with E-state index in [0.29, 0.717) is 12.1 Å². The molecule has 2 heterocycles. The normalized spacial score (nSPS) is 24.0. The van der Waals surface area contributed by atoms with Crippen LogP contribution in [-0.2, 0) is 12.8 Å². The number of hydrogen-bond donors (Lipinski definition) is 2. The fourth-order valence-electron chi connectivity index (χ4n) is 5.20. The topological polar surface area (TPSA) is 54.2 Å². The molecule has 156 valence electrons. The highest BCUT2D eigenvalue weighted by atomic mass is 15.2. The monoisotopic (exact) mass is 392 g/mol. The van der Waals surface area contributed by atoms with Gasteiger partial charge in [-0.1, -0.05) is 36.4 Å². The Balaban J connectivity index is 1.40. The van der Waals surface area contributed by atoms with Gasteiger partial charge in [-0.15, -0.1) is 0 Å². The van der Waals surface area contributed by atoms with Crippen LogP contribution in [0.4, 0.5) is 0 Å². The van der Waals surface area contributed by atoms with Crippen LogP contribution in [0.15, 0.2) is 48.7 Å². The third-order valence-corrected chi connectivity index (χ3v) is 6.64. The average molecular weight is 393 g/mol. The van der Waals surface area contributed by atoms with Gasteiger partial charge in [0.2, 0.25) is 0 Å². The summed E-state index contributed by atoms with van der Waals surface area (Å²) in [5, 5.41) is 3.82. The third-order valence-electron chi connectivity index (χ3n) is 6.64. The Morgan fingerprint density at radius 1 is 1.10 bits per heavy atom. The zero-order valence-electron chi connectivity index (χ0n) is 17.6. The van der Waals surface area contributed by atoms with Crippen LogP contribution in [0.2, 0.25) is 0 Å². The van der Waals surface area contributed by atoms with Crippen LogP contribution < -0.4 is 11.1 Å². The Bertz CT molecular complexity index is 747. The fraction of sp³-hybridized carbons (Fsp3) is 0.560. The lowest BCUT2D eigenvalue weighted by molar-refractivity contribution is 0.156. The van der Waals surface area contributed by atoms with Gasteiger partial charge in [0.15, 0.2) is 0 Å². The van der Waals surface area contributed by atoms with E-state index < -0.39 is 0 Å². The Morgan fingerprint density at radius 3 is 2.86 bits per heavy atom. The highest BCUT2D eigenvalue weighted by molar-refractivity contribution is 5.25. The van der Waals surface area contributed by atoms with E-state index in [1.807, 2.05) is 6.20 Å². The van der Waals surface area contributed by atoms with Gasteiger partial charge in [0.05, 0.1) is 11.7 Å². The number of fused-ring (bicyclic) bond motifs is 1. The summed E-state index contributed by atoms with van der Waals surface area (Å²) in [5.41, 5.74) is 10.0. The standard InChI is InChI=1S/C25H36N4/c26-13-4-5-15-29(24-12-6-10-22-11-7-14-27-25(22)24)19-23-17-21(18-28-23)16-20-8-2-1-3-9-20/h1-3,7-9,11,14,21,23-24,28H,4-6,10,12-13,15-19,26H2/t21?,23?,24-/m0/s1. The predicted octanol–water partition coefficient (Wildman–Crippen LogP) is 3.72. The van der Waals surface area contributed by atoms with Crippen LogP contribution >= 0.6 is 0 Å². The van der Waals surface area contributed by atoms with Crippen LogP contribution in [0.5, 0.6) is 0 Å². The number of benzene rings is 1. The summed E-state index contributed by atoms with van der Waals surface area (Å²) >= 11 is 0. The van der Waals surface area contributed by atoms with E-state index in [4.69, 9.17) is 10.7 Å². The predicted molar refractivity (Wildman–Crippen MR) is 120 cm³/mol. The van der Waals surface area contributed by atoms with E-state index in [1.54, 1.807) is 0 Å². The molecule has 2 aromatic rings. The molecule has 0 bridgehead atoms. The van der Waals surface area contributed by atoms with Crippen molar-refractivity contribution in [3.63, 3.8) is 0 Å². The van der Waals surface area contributed by atoms with Gasteiger partial charge >= 0.3 is 0 Å². The van der Waals surface area contributed by atoms with E-state index in [0.717, 1.165) is 38.5 Å². The van der Waals surface area contributed by atoms with Crippen LogP contribution in [-0.4, -0.2) is 42.1 Å². The minimum absolute atomic E-state index is 0.465. The summed E-state index contributed by atoms with van der Waals surface area (Å²) in [5.74, 6) is 0.741. The molecule has 3 atom stereocenters. The minimum Gasteiger partial charge on any atom is -0.330 e. The molecular weight excluding hydrogens is 356 g/mol. The lowest BCUT2D eigenvalue weighted by atomic mass is 9.90. The van der Waals surface area contributed by atoms with Crippen LogP contribution in [0.25, 0.3) is 0 Å². The summed E-state index contributed by atoms with van der Waals surface area (Å²) in [6.45, 7) is 4.17. The molecule has 1 fully saturated rings. The molecule has 0 saturated carbocycles. The molecule has 1 aliphatic carbocycles. The second-order valence-electron chi connectivity index (χ2n) is 8.84. The number of nitrogens with one attached hydrogen (secondary N) is 1. The molecule has 0 amide bonds. The second kappa shape index (κ2) is 10.3. The van der Waals surface area contributed by atoms with Gasteiger partial charge in [-0.2, -0.15) is 0 Å². The van der Waals surface area contributed by atoms with Crippen molar-refractivity contribution in [2.75, 3.05) is 26.2 Å². The van der Waals surface area contributed by atoms with Crippen molar-refractivity contribution >= 4 is 0 Å². The van der Waals surface area contributed by atoms with Crippen molar-refractivity contribution in [3.8, 4) is 0 Å². The Morgan fingerprint density at radius 2 is 2.00 bits per heavy atom. The van der Waals surface area contributed by atoms with Crippen molar-refractivity contribution in [1.82, 2.24) is 15.2 Å². The first-order valence-corrected chi connectivity index (χ1v) is 11.5. The quantitative estimate of drug-likeness (QED) is 0.639. The first-order chi connectivity index (χ1) is 14.3. The van der Waals surface area contributed by atoms with Gasteiger partial charge in [0, 0.05) is 18.8 Å². The van der Waals surface area contributed by atoms with Crippen molar-refractivity contribution in [2.45, 2.75) is 57.0 Å². The molecule has 2 aliphatic rings. The number of aryl methyl sites for hydroxylation is 1. The average Bonchev–Trinajstić information content (AvgIpc) is 3.20. The van der Waals surface area contributed by atoms with Crippen LogP contribution in [0.1, 0.15) is 55.0 Å². The zero-order valence-corrected chi connectivity index (χ0v) is 17.6. The highest BCUT2D eigenvalue weighted by Gasteiger charge is 2.31. The van der Waals surface area contributed by atoms with Gasteiger partial charge in [0.25, 0.3) is 0 Å². The highest BCUT2D eigenvalue weighted by Crippen LogP contribution is 2.33. The molecule has 3 N–H and O–H groups in total. The molecule has 29 heavy (non-hydrogen) atoms. The molecule has 4 heteroatoms. The molecule has 0 spiro atoms. The van der Waals surface area contributed by atoms with Gasteiger partial charge in [-0.25, -0.2) is 0 Å². The van der Waals surface area contributed by atoms with Crippen molar-refractivity contribution < 1.29 is 0 Å². The maximum atomic E-state index is 5.78. The molecule has 1 aromatic carbocycles. The number of nitrogens with zero attached hydrogens (tertiary/aromatic N) is 2. The molecule has 1 aliphatic heterocycles. The summed E-state index contributed by atoms with van der Waals surface area (Å²) in [6, 6.07) is 16.3. The van der Waals surface area contributed by atoms with Crippen molar-refractivity contribution in [3.05, 3.63) is 65.5 Å². The Kier molecular flexibility index (Phi) is 7.31. The molecule has 1 aromatic heterocycles. The molecular formula is C25H36N4. The SMILES string of the molecule is NCCCCN(CC1CC(Cc2ccccc2)CN1)[C@H]1CCCc2cccnc21. The lowest BCUT2D eigenvalue weighted by Gasteiger charge is -2.36. The largest absolute Gasteiger partial charge is 0.330 e. The number of rotatable bonds is 9. The fourth-order valence-corrected chi connectivity index (χ4v) is 5.20. The number of nitrogens with two attached hydrogens (primary N) is 1. The smallest absolute Gasteiger partial charge is 0.0607 e. The van der Waals surface area contributed by atoms with Gasteiger partial charge < -0.3 is 11.1 Å². The first kappa shape index (κ1) is 20.5. The van der Waals surface area contributed by atoms with Crippen LogP contribution in [0.3, 0.4) is 0 Å². The van der Waals surface area contributed by atoms with Gasteiger partial charge in [-0.05, 0) is 87.7 Å². The molecule has 1 saturated heterocycles. The lowest BCUT2D eigenvalue weighted by Crippen LogP contribution is -2.41. The third kappa shape index (κ3) is 5.44. The molecule has 4 nitrogen and oxygen atoms in total. The van der Waals surface area contributed by atoms with E-state index in [-0.39, 0.29) is 0 Å². The molecule has 4 rings (SSSR count). The van der Waals surface area contributed by atoms with E-state index in [9.17, 15) is 0 Å². The second-order valence-corrected chi connectivity index (χ2v) is 8.84. The minimum atomic E-state index is 0.465. The molecule has 0 radical (unpaired) electrons. The van der Waals surface area contributed by atoms with E-state index in [1.165, 1.54) is 55.3 Å². The first-order valence-electron chi connectivity index (χ1n) is 11.5. The Hall–Kier alpha value is -1.75. The Labute approximate surface area is 175 Å².